The summed E-state index contributed by atoms with van der Waals surface area (Å²) in [6.45, 7) is 1.82. The molecule has 78 valence electrons. The van der Waals surface area contributed by atoms with Crippen LogP contribution in [-0.2, 0) is 0 Å². The quantitative estimate of drug-likeness (QED) is 0.574. The molecular weight excluding hydrogens is 190 g/mol. The molecule has 2 bridgehead atoms. The van der Waals surface area contributed by atoms with E-state index in [4.69, 9.17) is 0 Å². The lowest BCUT2D eigenvalue weighted by Gasteiger charge is -2.48. The topological polar surface area (TPSA) is 52.5 Å². The van der Waals surface area contributed by atoms with Crippen molar-refractivity contribution in [1.82, 2.24) is 5.32 Å². The van der Waals surface area contributed by atoms with Crippen LogP contribution in [0.1, 0.15) is 19.3 Å². The number of aliphatic hydroxyl groups is 2. The van der Waals surface area contributed by atoms with Crippen molar-refractivity contribution in [2.45, 2.75) is 25.4 Å². The van der Waals surface area contributed by atoms with E-state index in [0.29, 0.717) is 5.92 Å². The van der Waals surface area contributed by atoms with Gasteiger partial charge in [0.2, 0.25) is 0 Å². The molecule has 1 saturated heterocycles. The highest BCUT2D eigenvalue weighted by atomic mass is 35.5. The Morgan fingerprint density at radius 3 is 2.85 bits per heavy atom. The van der Waals surface area contributed by atoms with Crippen molar-refractivity contribution in [3.05, 3.63) is 0 Å². The predicted octanol–water partition coefficient (Wildman–Crippen LogP) is 0.151. The summed E-state index contributed by atoms with van der Waals surface area (Å²) in [7, 11) is 0. The Labute approximate surface area is 84.9 Å². The lowest BCUT2D eigenvalue weighted by atomic mass is 9.65. The van der Waals surface area contributed by atoms with Crippen molar-refractivity contribution in [1.29, 1.82) is 0 Å². The first kappa shape index (κ1) is 11.2. The Morgan fingerprint density at radius 2 is 2.23 bits per heavy atom. The normalized spacial score (nSPS) is 43.8. The first-order chi connectivity index (χ1) is 5.78. The lowest BCUT2D eigenvalue weighted by molar-refractivity contribution is -0.0981. The van der Waals surface area contributed by atoms with E-state index in [9.17, 15) is 10.2 Å². The summed E-state index contributed by atoms with van der Waals surface area (Å²) in [5.41, 5.74) is -0.221. The molecule has 0 radical (unpaired) electrons. The van der Waals surface area contributed by atoms with Crippen LogP contribution in [0, 0.1) is 11.3 Å². The Morgan fingerprint density at radius 1 is 1.46 bits per heavy atom. The Kier molecular flexibility index (Phi) is 3.57. The molecule has 1 heterocycles. The average molecular weight is 208 g/mol. The van der Waals surface area contributed by atoms with E-state index in [1.807, 2.05) is 0 Å². The fourth-order valence-corrected chi connectivity index (χ4v) is 2.66. The molecule has 1 aliphatic carbocycles. The summed E-state index contributed by atoms with van der Waals surface area (Å²) in [5, 5.41) is 22.5. The Balaban J connectivity index is 0.000000845. The highest BCUT2D eigenvalue weighted by Gasteiger charge is 2.46. The average Bonchev–Trinajstić information content (AvgIpc) is 2.05. The molecule has 2 aliphatic rings. The fourth-order valence-electron chi connectivity index (χ4n) is 2.66. The van der Waals surface area contributed by atoms with Gasteiger partial charge in [-0.3, -0.25) is 0 Å². The highest BCUT2D eigenvalue weighted by molar-refractivity contribution is 5.85. The summed E-state index contributed by atoms with van der Waals surface area (Å²) in [6.07, 6.45) is 2.95. The third-order valence-electron chi connectivity index (χ3n) is 3.52. The van der Waals surface area contributed by atoms with E-state index in [2.05, 4.69) is 5.32 Å². The fraction of sp³-hybridized carbons (Fsp3) is 1.00. The van der Waals surface area contributed by atoms with Gasteiger partial charge in [0.1, 0.15) is 0 Å². The van der Waals surface area contributed by atoms with Gasteiger partial charge in [0, 0.05) is 18.5 Å². The first-order valence-corrected chi connectivity index (χ1v) is 4.78. The molecule has 2 rings (SSSR count). The van der Waals surface area contributed by atoms with E-state index in [1.54, 1.807) is 0 Å². The number of rotatable bonds is 1. The molecular formula is C9H18ClNO2. The minimum atomic E-state index is -0.280. The van der Waals surface area contributed by atoms with E-state index in [-0.39, 0.29) is 30.5 Å². The molecule has 3 N–H and O–H groups in total. The Hall–Kier alpha value is 0.170. The van der Waals surface area contributed by atoms with Crippen LogP contribution in [0.2, 0.25) is 0 Å². The van der Waals surface area contributed by atoms with Gasteiger partial charge in [-0.15, -0.1) is 12.4 Å². The second-order valence-electron chi connectivity index (χ2n) is 4.25. The number of piperidine rings is 1. The maximum Gasteiger partial charge on any atom is 0.0670 e. The molecule has 3 unspecified atom stereocenters. The number of nitrogens with one attached hydrogen (secondary N) is 1. The first-order valence-electron chi connectivity index (χ1n) is 4.78. The van der Waals surface area contributed by atoms with Gasteiger partial charge in [0.15, 0.2) is 0 Å². The largest absolute Gasteiger partial charge is 0.396 e. The van der Waals surface area contributed by atoms with Crippen LogP contribution < -0.4 is 5.32 Å². The molecule has 0 aromatic carbocycles. The van der Waals surface area contributed by atoms with E-state index in [0.717, 1.165) is 32.4 Å². The van der Waals surface area contributed by atoms with Gasteiger partial charge in [-0.25, -0.2) is 0 Å². The van der Waals surface area contributed by atoms with Crippen molar-refractivity contribution in [2.24, 2.45) is 11.3 Å². The van der Waals surface area contributed by atoms with E-state index >= 15 is 0 Å². The monoisotopic (exact) mass is 207 g/mol. The van der Waals surface area contributed by atoms with Crippen molar-refractivity contribution in [2.75, 3.05) is 19.7 Å². The molecule has 1 saturated carbocycles. The van der Waals surface area contributed by atoms with Crippen molar-refractivity contribution in [3.63, 3.8) is 0 Å². The van der Waals surface area contributed by atoms with Gasteiger partial charge in [-0.05, 0) is 18.8 Å². The molecule has 0 spiro atoms. The van der Waals surface area contributed by atoms with Crippen LogP contribution in [0.4, 0.5) is 0 Å². The zero-order valence-corrected chi connectivity index (χ0v) is 8.52. The van der Waals surface area contributed by atoms with Gasteiger partial charge in [0.25, 0.3) is 0 Å². The van der Waals surface area contributed by atoms with Gasteiger partial charge < -0.3 is 15.5 Å². The summed E-state index contributed by atoms with van der Waals surface area (Å²) in [5.74, 6) is 0.375. The molecule has 0 aromatic rings. The van der Waals surface area contributed by atoms with Gasteiger partial charge in [-0.1, -0.05) is 6.42 Å². The molecule has 13 heavy (non-hydrogen) atoms. The third kappa shape index (κ3) is 1.71. The second-order valence-corrected chi connectivity index (χ2v) is 4.25. The summed E-state index contributed by atoms with van der Waals surface area (Å²) in [4.78, 5) is 0. The molecule has 1 aliphatic heterocycles. The van der Waals surface area contributed by atoms with Gasteiger partial charge >= 0.3 is 0 Å². The smallest absolute Gasteiger partial charge is 0.0670 e. The van der Waals surface area contributed by atoms with Crippen LogP contribution in [0.5, 0.6) is 0 Å². The van der Waals surface area contributed by atoms with Crippen LogP contribution in [-0.4, -0.2) is 36.0 Å². The Bertz CT molecular complexity index is 167. The van der Waals surface area contributed by atoms with Crippen LogP contribution >= 0.6 is 12.4 Å². The molecule has 0 amide bonds. The third-order valence-corrected chi connectivity index (χ3v) is 3.52. The summed E-state index contributed by atoms with van der Waals surface area (Å²) < 4.78 is 0. The predicted molar refractivity (Wildman–Crippen MR) is 53.0 cm³/mol. The zero-order chi connectivity index (χ0) is 8.60. The van der Waals surface area contributed by atoms with E-state index in [1.165, 1.54) is 0 Å². The molecule has 3 nitrogen and oxygen atoms in total. The molecule has 3 atom stereocenters. The van der Waals surface area contributed by atoms with E-state index < -0.39 is 0 Å². The summed E-state index contributed by atoms with van der Waals surface area (Å²) in [6, 6.07) is 0. The maximum absolute atomic E-state index is 9.94. The molecule has 0 aromatic heterocycles. The van der Waals surface area contributed by atoms with Crippen molar-refractivity contribution < 1.29 is 10.2 Å². The zero-order valence-electron chi connectivity index (χ0n) is 7.70. The molecule has 2 fully saturated rings. The van der Waals surface area contributed by atoms with Crippen molar-refractivity contribution >= 4 is 12.4 Å². The van der Waals surface area contributed by atoms with Crippen LogP contribution in [0.25, 0.3) is 0 Å². The highest BCUT2D eigenvalue weighted by Crippen LogP contribution is 2.41. The number of aliphatic hydroxyl groups excluding tert-OH is 2. The minimum Gasteiger partial charge on any atom is -0.396 e. The van der Waals surface area contributed by atoms with Crippen molar-refractivity contribution in [3.8, 4) is 0 Å². The number of fused-ring (bicyclic) bond motifs is 2. The maximum atomic E-state index is 9.94. The van der Waals surface area contributed by atoms with Gasteiger partial charge in [-0.2, -0.15) is 0 Å². The lowest BCUT2D eigenvalue weighted by Crippen LogP contribution is -2.59. The standard InChI is InChI=1S/C9H17NO2.ClH/c11-6-9-3-1-2-7(8(9)12)4-10-5-9;/h7-8,10-12H,1-6H2;1H. The van der Waals surface area contributed by atoms with Gasteiger partial charge in [0.05, 0.1) is 12.7 Å². The second kappa shape index (κ2) is 4.13. The van der Waals surface area contributed by atoms with Crippen LogP contribution in [0.15, 0.2) is 0 Å². The number of hydrogen-bond acceptors (Lipinski definition) is 3. The minimum absolute atomic E-state index is 0. The summed E-state index contributed by atoms with van der Waals surface area (Å²) >= 11 is 0. The SMILES string of the molecule is Cl.OCC12CCCC(CNC1)C2O. The molecule has 4 heteroatoms. The number of hydrogen-bond donors (Lipinski definition) is 3. The van der Waals surface area contributed by atoms with Crippen LogP contribution in [0.3, 0.4) is 0 Å². The number of halogens is 1.